The fourth-order valence-corrected chi connectivity index (χ4v) is 4.04. The lowest BCUT2D eigenvalue weighted by molar-refractivity contribution is -0.148. The van der Waals surface area contributed by atoms with Crippen LogP contribution in [0.15, 0.2) is 29.2 Å². The Balaban J connectivity index is 1.80. The van der Waals surface area contributed by atoms with E-state index in [1.54, 1.807) is 12.1 Å². The Bertz CT molecular complexity index is 560. The van der Waals surface area contributed by atoms with Crippen LogP contribution in [-0.2, 0) is 9.59 Å². The molecule has 106 valence electrons. The van der Waals surface area contributed by atoms with E-state index >= 15 is 0 Å². The van der Waals surface area contributed by atoms with Crippen LogP contribution in [0.5, 0.6) is 0 Å². The minimum atomic E-state index is -0.837. The summed E-state index contributed by atoms with van der Waals surface area (Å²) in [4.78, 5) is 24.6. The largest absolute Gasteiger partial charge is 0.481 e. The highest BCUT2D eigenvalue weighted by atomic mass is 32.1. The summed E-state index contributed by atoms with van der Waals surface area (Å²) in [6.45, 7) is 0. The van der Waals surface area contributed by atoms with Gasteiger partial charge in [0.05, 0.1) is 17.5 Å². The number of nitrogens with one attached hydrogen (secondary N) is 1. The molecule has 0 saturated heterocycles. The molecule has 2 aliphatic rings. The molecule has 1 aromatic rings. The molecule has 2 aliphatic carbocycles. The Morgan fingerprint density at radius 3 is 2.45 bits per heavy atom. The van der Waals surface area contributed by atoms with Crippen molar-refractivity contribution in [1.82, 2.24) is 0 Å². The summed E-state index contributed by atoms with van der Waals surface area (Å²) in [6.07, 6.45) is 2.78. The van der Waals surface area contributed by atoms with Gasteiger partial charge in [-0.2, -0.15) is 0 Å². The van der Waals surface area contributed by atoms with Crippen LogP contribution in [0.4, 0.5) is 5.69 Å². The van der Waals surface area contributed by atoms with Gasteiger partial charge in [-0.3, -0.25) is 9.59 Å². The Morgan fingerprint density at radius 1 is 1.15 bits per heavy atom. The molecule has 1 aromatic carbocycles. The summed E-state index contributed by atoms with van der Waals surface area (Å²) in [7, 11) is 0. The third kappa shape index (κ3) is 2.20. The molecule has 5 heteroatoms. The first kappa shape index (κ1) is 13.5. The van der Waals surface area contributed by atoms with Crippen molar-refractivity contribution in [2.24, 2.45) is 23.7 Å². The fraction of sp³-hybridized carbons (Fsp3) is 0.467. The number of para-hydroxylation sites is 1. The van der Waals surface area contributed by atoms with E-state index in [-0.39, 0.29) is 17.7 Å². The van der Waals surface area contributed by atoms with Gasteiger partial charge in [0.15, 0.2) is 0 Å². The Labute approximate surface area is 123 Å². The van der Waals surface area contributed by atoms with E-state index < -0.39 is 17.8 Å². The molecule has 2 N–H and O–H groups in total. The molecule has 0 unspecified atom stereocenters. The van der Waals surface area contributed by atoms with E-state index in [9.17, 15) is 14.7 Å². The number of amides is 1. The third-order valence-electron chi connectivity index (χ3n) is 4.67. The van der Waals surface area contributed by atoms with Crippen LogP contribution >= 0.6 is 12.6 Å². The Hall–Kier alpha value is -1.49. The predicted octanol–water partition coefficient (Wildman–Crippen LogP) is 2.66. The molecule has 0 radical (unpaired) electrons. The zero-order valence-electron chi connectivity index (χ0n) is 11.0. The molecule has 0 heterocycles. The molecule has 0 aromatic heterocycles. The highest BCUT2D eigenvalue weighted by Crippen LogP contribution is 2.52. The standard InChI is InChI=1S/C15H17NO3S/c17-14(16-10-3-1-2-4-11(10)20)12-8-5-6-9(7-8)13(12)15(18)19/h1-4,8-9,12-13,20H,5-7H2,(H,16,17)(H,18,19)/t8-,9+,12+,13-/m0/s1. The number of rotatable bonds is 3. The molecule has 20 heavy (non-hydrogen) atoms. The highest BCUT2D eigenvalue weighted by Gasteiger charge is 2.53. The number of benzene rings is 1. The number of hydrogen-bond donors (Lipinski definition) is 3. The molecule has 0 spiro atoms. The second kappa shape index (κ2) is 5.13. The van der Waals surface area contributed by atoms with Crippen LogP contribution < -0.4 is 5.32 Å². The molecule has 0 aliphatic heterocycles. The van der Waals surface area contributed by atoms with Gasteiger partial charge in [0.25, 0.3) is 0 Å². The van der Waals surface area contributed by atoms with Gasteiger partial charge in [0, 0.05) is 4.90 Å². The first-order valence-corrected chi connectivity index (χ1v) is 7.34. The molecular formula is C15H17NO3S. The van der Waals surface area contributed by atoms with Crippen LogP contribution in [0.25, 0.3) is 0 Å². The molecular weight excluding hydrogens is 274 g/mol. The quantitative estimate of drug-likeness (QED) is 0.750. The van der Waals surface area contributed by atoms with Crippen LogP contribution in [0.3, 0.4) is 0 Å². The van der Waals surface area contributed by atoms with Crippen molar-refractivity contribution in [3.63, 3.8) is 0 Å². The number of fused-ring (bicyclic) bond motifs is 2. The number of aliphatic carboxylic acids is 1. The van der Waals surface area contributed by atoms with E-state index in [2.05, 4.69) is 17.9 Å². The molecule has 2 bridgehead atoms. The Morgan fingerprint density at radius 2 is 1.80 bits per heavy atom. The van der Waals surface area contributed by atoms with Gasteiger partial charge in [-0.05, 0) is 43.2 Å². The van der Waals surface area contributed by atoms with Crippen molar-refractivity contribution in [2.45, 2.75) is 24.2 Å². The second-order valence-corrected chi connectivity index (χ2v) is 6.21. The zero-order chi connectivity index (χ0) is 14.3. The van der Waals surface area contributed by atoms with Gasteiger partial charge < -0.3 is 10.4 Å². The number of carbonyl (C=O) groups excluding carboxylic acids is 1. The number of carboxylic acids is 1. The molecule has 4 atom stereocenters. The van der Waals surface area contributed by atoms with Crippen molar-refractivity contribution in [3.8, 4) is 0 Å². The lowest BCUT2D eigenvalue weighted by Gasteiger charge is -2.27. The summed E-state index contributed by atoms with van der Waals surface area (Å²) in [5.74, 6) is -1.56. The topological polar surface area (TPSA) is 66.4 Å². The predicted molar refractivity (Wildman–Crippen MR) is 77.8 cm³/mol. The molecule has 3 rings (SSSR count). The van der Waals surface area contributed by atoms with E-state index in [0.717, 1.165) is 19.3 Å². The van der Waals surface area contributed by atoms with Crippen LogP contribution in [0.1, 0.15) is 19.3 Å². The number of carbonyl (C=O) groups is 2. The maximum absolute atomic E-state index is 12.5. The maximum Gasteiger partial charge on any atom is 0.307 e. The SMILES string of the molecule is O=C(Nc1ccccc1S)[C@@H]1[C@H]2CC[C@H](C2)[C@@H]1C(=O)O. The van der Waals surface area contributed by atoms with Crippen molar-refractivity contribution >= 4 is 30.2 Å². The highest BCUT2D eigenvalue weighted by molar-refractivity contribution is 7.80. The van der Waals surface area contributed by atoms with Gasteiger partial charge in [0.2, 0.25) is 5.91 Å². The number of anilines is 1. The van der Waals surface area contributed by atoms with E-state index in [4.69, 9.17) is 0 Å². The van der Waals surface area contributed by atoms with Crippen molar-refractivity contribution in [3.05, 3.63) is 24.3 Å². The summed E-state index contributed by atoms with van der Waals surface area (Å²) in [5.41, 5.74) is 0.646. The van der Waals surface area contributed by atoms with Crippen molar-refractivity contribution in [1.29, 1.82) is 0 Å². The van der Waals surface area contributed by atoms with Crippen LogP contribution in [0, 0.1) is 23.7 Å². The van der Waals surface area contributed by atoms with E-state index in [0.29, 0.717) is 10.6 Å². The number of carboxylic acid groups (broad SMARTS) is 1. The lowest BCUT2D eigenvalue weighted by Crippen LogP contribution is -2.37. The fourth-order valence-electron chi connectivity index (χ4n) is 3.82. The normalized spacial score (nSPS) is 31.2. The Kier molecular flexibility index (Phi) is 3.46. The number of thiol groups is 1. The van der Waals surface area contributed by atoms with Gasteiger partial charge in [0.1, 0.15) is 0 Å². The molecule has 4 nitrogen and oxygen atoms in total. The minimum absolute atomic E-state index is 0.166. The second-order valence-electron chi connectivity index (χ2n) is 5.73. The van der Waals surface area contributed by atoms with Gasteiger partial charge in [-0.25, -0.2) is 0 Å². The van der Waals surface area contributed by atoms with E-state index in [1.165, 1.54) is 0 Å². The summed E-state index contributed by atoms with van der Waals surface area (Å²) >= 11 is 4.30. The third-order valence-corrected chi connectivity index (χ3v) is 5.06. The summed E-state index contributed by atoms with van der Waals surface area (Å²) < 4.78 is 0. The van der Waals surface area contributed by atoms with Gasteiger partial charge in [-0.15, -0.1) is 12.6 Å². The van der Waals surface area contributed by atoms with Crippen LogP contribution in [0.2, 0.25) is 0 Å². The average Bonchev–Trinajstić information content (AvgIpc) is 3.01. The first-order valence-electron chi connectivity index (χ1n) is 6.89. The molecule has 2 saturated carbocycles. The maximum atomic E-state index is 12.5. The minimum Gasteiger partial charge on any atom is -0.481 e. The smallest absolute Gasteiger partial charge is 0.307 e. The van der Waals surface area contributed by atoms with Crippen molar-refractivity contribution < 1.29 is 14.7 Å². The number of hydrogen-bond acceptors (Lipinski definition) is 3. The molecule has 1 amide bonds. The average molecular weight is 291 g/mol. The van der Waals surface area contributed by atoms with Crippen LogP contribution in [-0.4, -0.2) is 17.0 Å². The first-order chi connectivity index (χ1) is 9.58. The molecule has 2 fully saturated rings. The zero-order valence-corrected chi connectivity index (χ0v) is 11.8. The summed E-state index contributed by atoms with van der Waals surface area (Å²) in [6, 6.07) is 7.25. The van der Waals surface area contributed by atoms with Gasteiger partial charge >= 0.3 is 5.97 Å². The van der Waals surface area contributed by atoms with E-state index in [1.807, 2.05) is 12.1 Å². The monoisotopic (exact) mass is 291 g/mol. The lowest BCUT2D eigenvalue weighted by atomic mass is 9.78. The van der Waals surface area contributed by atoms with Gasteiger partial charge in [-0.1, -0.05) is 12.1 Å². The summed E-state index contributed by atoms with van der Waals surface area (Å²) in [5, 5.41) is 12.2. The van der Waals surface area contributed by atoms with Crippen molar-refractivity contribution in [2.75, 3.05) is 5.32 Å².